The van der Waals surface area contributed by atoms with Crippen molar-refractivity contribution in [1.29, 1.82) is 0 Å². The van der Waals surface area contributed by atoms with Crippen LogP contribution in [0.3, 0.4) is 0 Å². The average molecular weight is 257 g/mol. The van der Waals surface area contributed by atoms with Crippen molar-refractivity contribution in [2.45, 2.75) is 59.1 Å². The van der Waals surface area contributed by atoms with E-state index in [1.807, 2.05) is 13.8 Å². The Kier molecular flexibility index (Phi) is 3.40. The first kappa shape index (κ1) is 14.8. The number of hydrogen-bond donors (Lipinski definition) is 1. The molecule has 1 aliphatic rings. The van der Waals surface area contributed by atoms with Gasteiger partial charge in [-0.25, -0.2) is 9.59 Å². The quantitative estimate of drug-likeness (QED) is 0.783. The third-order valence-corrected chi connectivity index (χ3v) is 3.08. The first-order chi connectivity index (χ1) is 7.87. The number of carbonyl (C=O) groups is 2. The number of aliphatic carboxylic acids is 1. The van der Waals surface area contributed by atoms with E-state index in [1.165, 1.54) is 4.90 Å². The first-order valence-corrected chi connectivity index (χ1v) is 6.11. The molecule has 0 aromatic carbocycles. The molecule has 104 valence electrons. The zero-order valence-electron chi connectivity index (χ0n) is 12.0. The molecule has 1 rings (SSSR count). The van der Waals surface area contributed by atoms with Crippen LogP contribution >= 0.6 is 0 Å². The van der Waals surface area contributed by atoms with E-state index in [2.05, 4.69) is 0 Å². The normalized spacial score (nSPS) is 27.1. The molecular weight excluding hydrogens is 234 g/mol. The van der Waals surface area contributed by atoms with Crippen LogP contribution in [-0.2, 0) is 9.53 Å². The predicted molar refractivity (Wildman–Crippen MR) is 67.4 cm³/mol. The summed E-state index contributed by atoms with van der Waals surface area (Å²) in [6.07, 6.45) is -0.132. The highest BCUT2D eigenvalue weighted by atomic mass is 16.6. The summed E-state index contributed by atoms with van der Waals surface area (Å²) in [5, 5.41) is 9.37. The van der Waals surface area contributed by atoms with Crippen LogP contribution in [0.2, 0.25) is 0 Å². The number of amides is 1. The zero-order valence-corrected chi connectivity index (χ0v) is 12.0. The number of hydrogen-bond acceptors (Lipinski definition) is 3. The van der Waals surface area contributed by atoms with Gasteiger partial charge in [-0.15, -0.1) is 0 Å². The van der Waals surface area contributed by atoms with E-state index in [1.54, 1.807) is 27.7 Å². The van der Waals surface area contributed by atoms with Crippen molar-refractivity contribution >= 4 is 12.1 Å². The van der Waals surface area contributed by atoms with Crippen LogP contribution in [0.1, 0.15) is 48.0 Å². The van der Waals surface area contributed by atoms with Crippen LogP contribution in [0.4, 0.5) is 4.79 Å². The van der Waals surface area contributed by atoms with Crippen molar-refractivity contribution in [3.63, 3.8) is 0 Å². The predicted octanol–water partition coefficient (Wildman–Crippen LogP) is 2.50. The average Bonchev–Trinajstić information content (AvgIpc) is 2.34. The fourth-order valence-electron chi connectivity index (χ4n) is 2.46. The Morgan fingerprint density at radius 3 is 2.11 bits per heavy atom. The summed E-state index contributed by atoms with van der Waals surface area (Å²) >= 11 is 0. The molecule has 0 aromatic heterocycles. The van der Waals surface area contributed by atoms with Gasteiger partial charge >= 0.3 is 12.1 Å². The van der Waals surface area contributed by atoms with Crippen molar-refractivity contribution in [2.75, 3.05) is 6.54 Å². The molecule has 1 aliphatic heterocycles. The van der Waals surface area contributed by atoms with Crippen molar-refractivity contribution in [1.82, 2.24) is 4.90 Å². The van der Waals surface area contributed by atoms with Gasteiger partial charge in [-0.3, -0.25) is 4.90 Å². The van der Waals surface area contributed by atoms with Crippen LogP contribution in [0.15, 0.2) is 0 Å². The second kappa shape index (κ2) is 4.14. The maximum absolute atomic E-state index is 12.1. The molecule has 5 heteroatoms. The number of carboxylic acid groups (broad SMARTS) is 1. The van der Waals surface area contributed by atoms with E-state index in [4.69, 9.17) is 4.74 Å². The SMILES string of the molecule is CC1(C)CN(C(=O)OC(C)(C)C)[C@](C)(C(=O)O)C1. The van der Waals surface area contributed by atoms with Crippen LogP contribution in [0, 0.1) is 5.41 Å². The Hall–Kier alpha value is -1.26. The highest BCUT2D eigenvalue weighted by Crippen LogP contribution is 2.41. The van der Waals surface area contributed by atoms with Crippen LogP contribution in [0.5, 0.6) is 0 Å². The number of carbonyl (C=O) groups excluding carboxylic acids is 1. The molecule has 1 N–H and O–H groups in total. The molecule has 1 atom stereocenters. The van der Waals surface area contributed by atoms with Gasteiger partial charge in [0, 0.05) is 6.54 Å². The van der Waals surface area contributed by atoms with Gasteiger partial charge in [0.05, 0.1) is 0 Å². The Balaban J connectivity index is 2.99. The van der Waals surface area contributed by atoms with Gasteiger partial charge in [-0.2, -0.15) is 0 Å². The van der Waals surface area contributed by atoms with Crippen molar-refractivity contribution < 1.29 is 19.4 Å². The van der Waals surface area contributed by atoms with Crippen LogP contribution < -0.4 is 0 Å². The first-order valence-electron chi connectivity index (χ1n) is 6.11. The zero-order chi connectivity index (χ0) is 14.4. The van der Waals surface area contributed by atoms with Gasteiger partial charge in [-0.05, 0) is 39.5 Å². The second-order valence-electron chi connectivity index (χ2n) is 6.99. The Morgan fingerprint density at radius 2 is 1.72 bits per heavy atom. The summed E-state index contributed by atoms with van der Waals surface area (Å²) in [6.45, 7) is 11.2. The van der Waals surface area contributed by atoms with Crippen LogP contribution in [0.25, 0.3) is 0 Å². The van der Waals surface area contributed by atoms with Gasteiger partial charge in [0.2, 0.25) is 0 Å². The molecule has 1 heterocycles. The molecule has 1 amide bonds. The summed E-state index contributed by atoms with van der Waals surface area (Å²) < 4.78 is 5.28. The topological polar surface area (TPSA) is 66.8 Å². The van der Waals surface area contributed by atoms with Gasteiger partial charge < -0.3 is 9.84 Å². The second-order valence-corrected chi connectivity index (χ2v) is 6.99. The maximum atomic E-state index is 12.1. The Labute approximate surface area is 108 Å². The monoisotopic (exact) mass is 257 g/mol. The Bertz CT molecular complexity index is 370. The Morgan fingerprint density at radius 1 is 1.22 bits per heavy atom. The number of likely N-dealkylation sites (tertiary alicyclic amines) is 1. The number of rotatable bonds is 1. The fourth-order valence-corrected chi connectivity index (χ4v) is 2.46. The van der Waals surface area contributed by atoms with Gasteiger partial charge in [-0.1, -0.05) is 13.8 Å². The molecule has 1 saturated heterocycles. The molecule has 0 unspecified atom stereocenters. The molecular formula is C13H23NO4. The maximum Gasteiger partial charge on any atom is 0.411 e. The third kappa shape index (κ3) is 2.94. The number of nitrogens with zero attached hydrogens (tertiary/aromatic N) is 1. The van der Waals surface area contributed by atoms with Crippen LogP contribution in [-0.4, -0.2) is 39.8 Å². The lowest BCUT2D eigenvalue weighted by molar-refractivity contribution is -0.148. The smallest absolute Gasteiger partial charge is 0.411 e. The summed E-state index contributed by atoms with van der Waals surface area (Å²) in [7, 11) is 0. The van der Waals surface area contributed by atoms with E-state index in [0.717, 1.165) is 0 Å². The number of ether oxygens (including phenoxy) is 1. The summed E-state index contributed by atoms with van der Waals surface area (Å²) in [4.78, 5) is 24.9. The lowest BCUT2D eigenvalue weighted by Crippen LogP contribution is -2.52. The summed E-state index contributed by atoms with van der Waals surface area (Å²) in [6, 6.07) is 0. The van der Waals surface area contributed by atoms with E-state index in [0.29, 0.717) is 13.0 Å². The van der Waals surface area contributed by atoms with E-state index >= 15 is 0 Å². The molecule has 0 spiro atoms. The minimum absolute atomic E-state index is 0.218. The molecule has 0 saturated carbocycles. The molecule has 0 bridgehead atoms. The van der Waals surface area contributed by atoms with Crippen molar-refractivity contribution in [3.05, 3.63) is 0 Å². The third-order valence-electron chi connectivity index (χ3n) is 3.08. The lowest BCUT2D eigenvalue weighted by Gasteiger charge is -2.32. The van der Waals surface area contributed by atoms with Gasteiger partial charge in [0.25, 0.3) is 0 Å². The van der Waals surface area contributed by atoms with Crippen molar-refractivity contribution in [2.24, 2.45) is 5.41 Å². The standard InChI is InChI=1S/C13H23NO4/c1-11(2,3)18-10(17)14-8-12(4,5)7-13(14,6)9(15)16/h7-8H2,1-6H3,(H,15,16)/t13-/m0/s1. The highest BCUT2D eigenvalue weighted by molar-refractivity contribution is 5.85. The van der Waals surface area contributed by atoms with Gasteiger partial charge in [0.15, 0.2) is 0 Å². The molecule has 1 fully saturated rings. The molecule has 0 aliphatic carbocycles. The number of carboxylic acids is 1. The minimum Gasteiger partial charge on any atom is -0.480 e. The van der Waals surface area contributed by atoms with E-state index in [-0.39, 0.29) is 5.41 Å². The largest absolute Gasteiger partial charge is 0.480 e. The van der Waals surface area contributed by atoms with Gasteiger partial charge in [0.1, 0.15) is 11.1 Å². The summed E-state index contributed by atoms with van der Waals surface area (Å²) in [5.74, 6) is -0.987. The minimum atomic E-state index is -1.19. The lowest BCUT2D eigenvalue weighted by atomic mass is 9.85. The van der Waals surface area contributed by atoms with Crippen molar-refractivity contribution in [3.8, 4) is 0 Å². The van der Waals surface area contributed by atoms with E-state index < -0.39 is 23.2 Å². The fraction of sp³-hybridized carbons (Fsp3) is 0.846. The highest BCUT2D eigenvalue weighted by Gasteiger charge is 2.54. The molecule has 0 radical (unpaired) electrons. The molecule has 0 aromatic rings. The van der Waals surface area contributed by atoms with E-state index in [9.17, 15) is 14.7 Å². The molecule has 5 nitrogen and oxygen atoms in total. The summed E-state index contributed by atoms with van der Waals surface area (Å²) in [5.41, 5.74) is -2.03. The molecule has 18 heavy (non-hydrogen) atoms.